The van der Waals surface area contributed by atoms with Gasteiger partial charge in [-0.15, -0.1) is 0 Å². The van der Waals surface area contributed by atoms with Crippen LogP contribution in [0.25, 0.3) is 10.9 Å². The highest BCUT2D eigenvalue weighted by molar-refractivity contribution is 7.89. The zero-order valence-corrected chi connectivity index (χ0v) is 17.9. The van der Waals surface area contributed by atoms with Crippen LogP contribution in [0.3, 0.4) is 0 Å². The molecule has 1 aliphatic rings. The quantitative estimate of drug-likeness (QED) is 0.634. The Bertz CT molecular complexity index is 1230. The maximum atomic E-state index is 13.0. The molecule has 0 radical (unpaired) electrons. The van der Waals surface area contributed by atoms with Crippen LogP contribution in [0.2, 0.25) is 5.02 Å². The van der Waals surface area contributed by atoms with Crippen molar-refractivity contribution in [2.45, 2.75) is 37.6 Å². The van der Waals surface area contributed by atoms with Gasteiger partial charge in [-0.3, -0.25) is 9.36 Å². The SMILES string of the molecule is Cc1cc(C)cc(S(=O)(=O)N2CCC(n3cnc4cc(Cl)ccc4c3=O)CC2)c1. The summed E-state index contributed by atoms with van der Waals surface area (Å²) >= 11 is 5.98. The van der Waals surface area contributed by atoms with E-state index in [0.29, 0.717) is 46.8 Å². The molecule has 29 heavy (non-hydrogen) atoms. The second kappa shape index (κ2) is 7.55. The summed E-state index contributed by atoms with van der Waals surface area (Å²) in [6.07, 6.45) is 2.66. The number of benzene rings is 2. The molecule has 0 N–H and O–H groups in total. The molecule has 152 valence electrons. The first-order chi connectivity index (χ1) is 13.8. The molecule has 0 aliphatic carbocycles. The number of aryl methyl sites for hydroxylation is 2. The number of fused-ring (bicyclic) bond motifs is 1. The minimum atomic E-state index is -3.55. The van der Waals surface area contributed by atoms with Crippen molar-refractivity contribution in [3.63, 3.8) is 0 Å². The van der Waals surface area contributed by atoms with Gasteiger partial charge in [-0.2, -0.15) is 4.31 Å². The Morgan fingerprint density at radius 2 is 1.69 bits per heavy atom. The van der Waals surface area contributed by atoms with Crippen LogP contribution in [-0.2, 0) is 10.0 Å². The topological polar surface area (TPSA) is 72.3 Å². The number of hydrogen-bond donors (Lipinski definition) is 0. The van der Waals surface area contributed by atoms with Crippen LogP contribution in [0.15, 0.2) is 52.4 Å². The molecule has 2 heterocycles. The molecule has 3 aromatic rings. The van der Waals surface area contributed by atoms with E-state index in [1.165, 1.54) is 4.31 Å². The van der Waals surface area contributed by atoms with Crippen LogP contribution in [0, 0.1) is 13.8 Å². The molecular weight excluding hydrogens is 410 g/mol. The summed E-state index contributed by atoms with van der Waals surface area (Å²) in [5.41, 5.74) is 2.29. The third-order valence-electron chi connectivity index (χ3n) is 5.40. The molecule has 0 amide bonds. The summed E-state index contributed by atoms with van der Waals surface area (Å²) in [7, 11) is -3.55. The first kappa shape index (κ1) is 20.1. The van der Waals surface area contributed by atoms with E-state index in [-0.39, 0.29) is 11.6 Å². The molecule has 1 saturated heterocycles. The second-order valence-corrected chi connectivity index (χ2v) is 9.95. The van der Waals surface area contributed by atoms with Crippen LogP contribution in [0.5, 0.6) is 0 Å². The van der Waals surface area contributed by atoms with Crippen LogP contribution >= 0.6 is 11.6 Å². The third kappa shape index (κ3) is 3.82. The predicted molar refractivity (Wildman–Crippen MR) is 114 cm³/mol. The van der Waals surface area contributed by atoms with Gasteiger partial charge in [0.1, 0.15) is 0 Å². The molecular formula is C21H22ClN3O3S. The van der Waals surface area contributed by atoms with E-state index in [0.717, 1.165) is 11.1 Å². The van der Waals surface area contributed by atoms with E-state index < -0.39 is 10.0 Å². The largest absolute Gasteiger partial charge is 0.296 e. The van der Waals surface area contributed by atoms with E-state index in [1.807, 2.05) is 19.9 Å². The molecule has 1 aliphatic heterocycles. The smallest absolute Gasteiger partial charge is 0.261 e. The molecule has 8 heteroatoms. The van der Waals surface area contributed by atoms with Crippen molar-refractivity contribution >= 4 is 32.5 Å². The number of halogens is 1. The summed E-state index contributed by atoms with van der Waals surface area (Å²) in [6, 6.07) is 10.3. The van der Waals surface area contributed by atoms with Gasteiger partial charge in [0.15, 0.2) is 0 Å². The average molecular weight is 432 g/mol. The fourth-order valence-electron chi connectivity index (χ4n) is 3.96. The van der Waals surface area contributed by atoms with Crippen molar-refractivity contribution in [1.82, 2.24) is 13.9 Å². The molecule has 0 unspecified atom stereocenters. The molecule has 0 spiro atoms. The van der Waals surface area contributed by atoms with Gasteiger partial charge in [-0.1, -0.05) is 17.7 Å². The zero-order valence-electron chi connectivity index (χ0n) is 16.3. The van der Waals surface area contributed by atoms with Gasteiger partial charge in [0, 0.05) is 24.2 Å². The van der Waals surface area contributed by atoms with Gasteiger partial charge in [0.2, 0.25) is 10.0 Å². The highest BCUT2D eigenvalue weighted by atomic mass is 35.5. The summed E-state index contributed by atoms with van der Waals surface area (Å²) in [5.74, 6) is 0. The fraction of sp³-hybridized carbons (Fsp3) is 0.333. The van der Waals surface area contributed by atoms with E-state index in [1.54, 1.807) is 41.2 Å². The lowest BCUT2D eigenvalue weighted by atomic mass is 10.1. The number of hydrogen-bond acceptors (Lipinski definition) is 4. The lowest BCUT2D eigenvalue weighted by molar-refractivity contribution is 0.269. The first-order valence-corrected chi connectivity index (χ1v) is 11.3. The Morgan fingerprint density at radius 1 is 1.03 bits per heavy atom. The highest BCUT2D eigenvalue weighted by Crippen LogP contribution is 2.27. The predicted octanol–water partition coefficient (Wildman–Crippen LogP) is 3.69. The van der Waals surface area contributed by atoms with Crippen LogP contribution < -0.4 is 5.56 Å². The summed E-state index contributed by atoms with van der Waals surface area (Å²) in [5, 5.41) is 1.05. The van der Waals surface area contributed by atoms with Crippen LogP contribution in [0.1, 0.15) is 30.0 Å². The number of nitrogens with zero attached hydrogens (tertiary/aromatic N) is 3. The standard InChI is InChI=1S/C21H22ClN3O3S/c1-14-9-15(2)11-18(10-14)29(27,28)24-7-5-17(6-8-24)25-13-23-20-12-16(22)3-4-19(20)21(25)26/h3-4,9-13,17H,5-8H2,1-2H3. The Labute approximate surface area is 174 Å². The lowest BCUT2D eigenvalue weighted by Gasteiger charge is -2.32. The van der Waals surface area contributed by atoms with E-state index in [9.17, 15) is 13.2 Å². The molecule has 0 atom stereocenters. The highest BCUT2D eigenvalue weighted by Gasteiger charge is 2.30. The van der Waals surface area contributed by atoms with Crippen molar-refractivity contribution in [3.05, 3.63) is 69.2 Å². The number of aromatic nitrogens is 2. The second-order valence-electron chi connectivity index (χ2n) is 7.58. The van der Waals surface area contributed by atoms with Crippen molar-refractivity contribution in [2.75, 3.05) is 13.1 Å². The minimum Gasteiger partial charge on any atom is -0.296 e. The number of piperidine rings is 1. The summed E-state index contributed by atoms with van der Waals surface area (Å²) < 4.78 is 29.2. The van der Waals surface area contributed by atoms with E-state index in [4.69, 9.17) is 11.6 Å². The van der Waals surface area contributed by atoms with Crippen molar-refractivity contribution in [3.8, 4) is 0 Å². The van der Waals surface area contributed by atoms with Gasteiger partial charge in [-0.05, 0) is 68.1 Å². The Balaban J connectivity index is 1.57. The van der Waals surface area contributed by atoms with Gasteiger partial charge >= 0.3 is 0 Å². The Morgan fingerprint density at radius 3 is 2.34 bits per heavy atom. The van der Waals surface area contributed by atoms with Crippen LogP contribution in [-0.4, -0.2) is 35.4 Å². The van der Waals surface area contributed by atoms with Gasteiger partial charge in [0.25, 0.3) is 5.56 Å². The number of sulfonamides is 1. The molecule has 1 aromatic heterocycles. The van der Waals surface area contributed by atoms with E-state index >= 15 is 0 Å². The van der Waals surface area contributed by atoms with Gasteiger partial charge in [0.05, 0.1) is 22.1 Å². The fourth-order valence-corrected chi connectivity index (χ4v) is 5.79. The molecule has 0 bridgehead atoms. The zero-order chi connectivity index (χ0) is 20.8. The monoisotopic (exact) mass is 431 g/mol. The molecule has 4 rings (SSSR count). The van der Waals surface area contributed by atoms with E-state index in [2.05, 4.69) is 4.98 Å². The Kier molecular flexibility index (Phi) is 5.23. The average Bonchev–Trinajstić information content (AvgIpc) is 2.67. The van der Waals surface area contributed by atoms with Gasteiger partial charge < -0.3 is 0 Å². The maximum absolute atomic E-state index is 13.0. The minimum absolute atomic E-state index is 0.0826. The van der Waals surface area contributed by atoms with Crippen LogP contribution in [0.4, 0.5) is 0 Å². The van der Waals surface area contributed by atoms with Crippen molar-refractivity contribution in [1.29, 1.82) is 0 Å². The third-order valence-corrected chi connectivity index (χ3v) is 7.51. The number of rotatable bonds is 3. The molecule has 0 saturated carbocycles. The summed E-state index contributed by atoms with van der Waals surface area (Å²) in [4.78, 5) is 17.5. The first-order valence-electron chi connectivity index (χ1n) is 9.50. The van der Waals surface area contributed by atoms with Crippen molar-refractivity contribution in [2.24, 2.45) is 0 Å². The lowest BCUT2D eigenvalue weighted by Crippen LogP contribution is -2.40. The normalized spacial score (nSPS) is 16.4. The van der Waals surface area contributed by atoms with Crippen molar-refractivity contribution < 1.29 is 8.42 Å². The maximum Gasteiger partial charge on any atom is 0.261 e. The molecule has 6 nitrogen and oxygen atoms in total. The molecule has 1 fully saturated rings. The Hall–Kier alpha value is -2.22. The summed E-state index contributed by atoms with van der Waals surface area (Å²) in [6.45, 7) is 4.52. The van der Waals surface area contributed by atoms with Gasteiger partial charge in [-0.25, -0.2) is 13.4 Å². The molecule has 2 aromatic carbocycles.